The molecule has 0 aliphatic carbocycles. The van der Waals surface area contributed by atoms with Crippen LogP contribution < -0.4 is 10.6 Å². The van der Waals surface area contributed by atoms with Crippen LogP contribution in [-0.4, -0.2) is 29.8 Å². The molecule has 0 saturated carbocycles. The number of thiazole rings is 1. The summed E-state index contributed by atoms with van der Waals surface area (Å²) in [6.07, 6.45) is 5.90. The average Bonchev–Trinajstić information content (AvgIpc) is 3.04. The van der Waals surface area contributed by atoms with Gasteiger partial charge in [0.1, 0.15) is 0 Å². The minimum atomic E-state index is 0.505. The molecule has 2 rings (SSSR count). The predicted molar refractivity (Wildman–Crippen MR) is 108 cm³/mol. The van der Waals surface area contributed by atoms with Gasteiger partial charge in [-0.05, 0) is 12.5 Å². The van der Waals surface area contributed by atoms with E-state index in [9.17, 15) is 0 Å². The molecule has 0 fully saturated rings. The highest BCUT2D eigenvalue weighted by Crippen LogP contribution is 2.17. The van der Waals surface area contributed by atoms with Crippen LogP contribution in [0.15, 0.2) is 46.9 Å². The van der Waals surface area contributed by atoms with Gasteiger partial charge in [-0.1, -0.05) is 42.5 Å². The number of nitriles is 1. The van der Waals surface area contributed by atoms with Crippen LogP contribution in [0.3, 0.4) is 0 Å². The maximum atomic E-state index is 8.82. The highest BCUT2D eigenvalue weighted by Gasteiger charge is 2.01. The first-order chi connectivity index (χ1) is 12.3. The highest BCUT2D eigenvalue weighted by molar-refractivity contribution is 7.98. The molecule has 5 nitrogen and oxygen atoms in total. The lowest BCUT2D eigenvalue weighted by Crippen LogP contribution is -2.36. The molecule has 0 saturated heterocycles. The number of aryl methyl sites for hydroxylation is 1. The summed E-state index contributed by atoms with van der Waals surface area (Å²) < 4.78 is 0. The maximum absolute atomic E-state index is 8.82. The summed E-state index contributed by atoms with van der Waals surface area (Å²) in [6, 6.07) is 10.1. The van der Waals surface area contributed by atoms with Crippen molar-refractivity contribution in [1.29, 1.82) is 5.26 Å². The Labute approximate surface area is 156 Å². The number of nitrogens with zero attached hydrogens (tertiary/aromatic N) is 3. The molecule has 1 aromatic carbocycles. The minimum Gasteiger partial charge on any atom is -0.355 e. The number of benzene rings is 1. The van der Waals surface area contributed by atoms with Crippen LogP contribution in [0, 0.1) is 18.4 Å². The van der Waals surface area contributed by atoms with Gasteiger partial charge in [0.2, 0.25) is 5.96 Å². The molecular weight excluding hydrogens is 350 g/mol. The second kappa shape index (κ2) is 11.3. The van der Waals surface area contributed by atoms with Gasteiger partial charge in [-0.25, -0.2) is 9.98 Å². The summed E-state index contributed by atoms with van der Waals surface area (Å²) >= 11 is 3.49. The SMILES string of the molecule is Cc1scnc1CSCCNC(=NC/C=C/c1ccccc1)NC#N. The summed E-state index contributed by atoms with van der Waals surface area (Å²) in [5, 5.41) is 14.6. The van der Waals surface area contributed by atoms with Gasteiger partial charge in [0.05, 0.1) is 17.7 Å². The van der Waals surface area contributed by atoms with Crippen molar-refractivity contribution in [2.75, 3.05) is 18.8 Å². The van der Waals surface area contributed by atoms with Crippen LogP contribution >= 0.6 is 23.1 Å². The van der Waals surface area contributed by atoms with Gasteiger partial charge < -0.3 is 5.32 Å². The first-order valence-electron chi connectivity index (χ1n) is 7.91. The number of hydrogen-bond donors (Lipinski definition) is 2. The number of guanidine groups is 1. The van der Waals surface area contributed by atoms with Gasteiger partial charge in [0, 0.05) is 22.9 Å². The Bertz CT molecular complexity index is 731. The van der Waals surface area contributed by atoms with Crippen molar-refractivity contribution in [3.63, 3.8) is 0 Å². The average molecular weight is 372 g/mol. The fourth-order valence-corrected chi connectivity index (χ4v) is 3.53. The molecule has 1 aromatic heterocycles. The van der Waals surface area contributed by atoms with Gasteiger partial charge in [-0.15, -0.1) is 11.3 Å². The first-order valence-corrected chi connectivity index (χ1v) is 9.94. The van der Waals surface area contributed by atoms with Gasteiger partial charge in [-0.3, -0.25) is 5.32 Å². The van der Waals surface area contributed by atoms with E-state index in [1.54, 1.807) is 11.3 Å². The second-order valence-corrected chi connectivity index (χ2v) is 7.24. The molecular formula is C18H21N5S2. The van der Waals surface area contributed by atoms with Crippen molar-refractivity contribution >= 4 is 35.1 Å². The Kier molecular flexibility index (Phi) is 8.59. The number of rotatable bonds is 8. The molecule has 130 valence electrons. The molecule has 7 heteroatoms. The van der Waals surface area contributed by atoms with E-state index in [2.05, 4.69) is 27.5 Å². The van der Waals surface area contributed by atoms with Crippen LogP contribution in [-0.2, 0) is 5.75 Å². The lowest BCUT2D eigenvalue weighted by molar-refractivity contribution is 0.923. The lowest BCUT2D eigenvalue weighted by Gasteiger charge is -2.07. The summed E-state index contributed by atoms with van der Waals surface area (Å²) in [6.45, 7) is 3.34. The Morgan fingerprint density at radius 2 is 2.24 bits per heavy atom. The van der Waals surface area contributed by atoms with Crippen LogP contribution in [0.25, 0.3) is 6.08 Å². The quantitative estimate of drug-likeness (QED) is 0.245. The van der Waals surface area contributed by atoms with Crippen molar-refractivity contribution < 1.29 is 0 Å². The summed E-state index contributed by atoms with van der Waals surface area (Å²) in [7, 11) is 0. The highest BCUT2D eigenvalue weighted by atomic mass is 32.2. The Morgan fingerprint density at radius 1 is 1.40 bits per heavy atom. The third-order valence-electron chi connectivity index (χ3n) is 3.26. The molecule has 0 bridgehead atoms. The Balaban J connectivity index is 1.69. The van der Waals surface area contributed by atoms with Gasteiger partial charge in [0.15, 0.2) is 6.19 Å². The molecule has 2 N–H and O–H groups in total. The molecule has 0 radical (unpaired) electrons. The third kappa shape index (κ3) is 7.42. The van der Waals surface area contributed by atoms with Gasteiger partial charge >= 0.3 is 0 Å². The molecule has 0 aliphatic heterocycles. The number of aliphatic imine (C=N–C) groups is 1. The van der Waals surface area contributed by atoms with Crippen molar-refractivity contribution in [3.05, 3.63) is 58.1 Å². The van der Waals surface area contributed by atoms with Crippen molar-refractivity contribution in [1.82, 2.24) is 15.6 Å². The summed E-state index contributed by atoms with van der Waals surface area (Å²) in [4.78, 5) is 9.98. The standard InChI is InChI=1S/C18H21N5S2/c1-15-17(23-14-25-15)12-24-11-10-21-18(22-13-19)20-9-5-8-16-6-3-2-4-7-16/h2-8,14H,9-12H2,1H3,(H2,20,21,22)/b8-5+. The largest absolute Gasteiger partial charge is 0.355 e. The lowest BCUT2D eigenvalue weighted by atomic mass is 10.2. The molecule has 0 amide bonds. The van der Waals surface area contributed by atoms with Crippen LogP contribution in [0.5, 0.6) is 0 Å². The number of thioether (sulfide) groups is 1. The monoisotopic (exact) mass is 371 g/mol. The van der Waals surface area contributed by atoms with Crippen molar-refractivity contribution in [3.8, 4) is 6.19 Å². The molecule has 25 heavy (non-hydrogen) atoms. The normalized spacial score (nSPS) is 11.4. The van der Waals surface area contributed by atoms with Crippen molar-refractivity contribution in [2.24, 2.45) is 4.99 Å². The second-order valence-electron chi connectivity index (χ2n) is 5.07. The van der Waals surface area contributed by atoms with E-state index in [4.69, 9.17) is 5.26 Å². The zero-order valence-electron chi connectivity index (χ0n) is 14.1. The molecule has 1 heterocycles. The fraction of sp³-hybridized carbons (Fsp3) is 0.278. The molecule has 0 aliphatic rings. The van der Waals surface area contributed by atoms with E-state index < -0.39 is 0 Å². The van der Waals surface area contributed by atoms with Crippen molar-refractivity contribution in [2.45, 2.75) is 12.7 Å². The molecule has 0 unspecified atom stereocenters. The summed E-state index contributed by atoms with van der Waals surface area (Å²) in [5.74, 6) is 2.34. The maximum Gasteiger partial charge on any atom is 0.205 e. The predicted octanol–water partition coefficient (Wildman–Crippen LogP) is 3.41. The number of aromatic nitrogens is 1. The Morgan fingerprint density at radius 3 is 2.96 bits per heavy atom. The minimum absolute atomic E-state index is 0.505. The number of nitrogens with one attached hydrogen (secondary N) is 2. The Hall–Kier alpha value is -2.30. The van der Waals surface area contributed by atoms with E-state index in [0.29, 0.717) is 12.5 Å². The first kappa shape index (κ1) is 19.0. The third-order valence-corrected chi connectivity index (χ3v) is 5.03. The smallest absolute Gasteiger partial charge is 0.205 e. The fourth-order valence-electron chi connectivity index (χ4n) is 1.97. The van der Waals surface area contributed by atoms with Crippen LogP contribution in [0.1, 0.15) is 16.1 Å². The van der Waals surface area contributed by atoms with E-state index in [1.807, 2.05) is 65.9 Å². The van der Waals surface area contributed by atoms with Gasteiger partial charge in [0.25, 0.3) is 0 Å². The van der Waals surface area contributed by atoms with E-state index >= 15 is 0 Å². The van der Waals surface area contributed by atoms with E-state index in [-0.39, 0.29) is 0 Å². The van der Waals surface area contributed by atoms with E-state index in [1.165, 1.54) is 4.88 Å². The zero-order chi connectivity index (χ0) is 17.7. The molecule has 0 spiro atoms. The summed E-state index contributed by atoms with van der Waals surface area (Å²) in [5.41, 5.74) is 4.17. The number of hydrogen-bond acceptors (Lipinski definition) is 5. The van der Waals surface area contributed by atoms with E-state index in [0.717, 1.165) is 29.3 Å². The topological polar surface area (TPSA) is 73.1 Å². The van der Waals surface area contributed by atoms with Crippen LogP contribution in [0.4, 0.5) is 0 Å². The van der Waals surface area contributed by atoms with Gasteiger partial charge in [-0.2, -0.15) is 17.0 Å². The molecule has 0 atom stereocenters. The van der Waals surface area contributed by atoms with Crippen LogP contribution in [0.2, 0.25) is 0 Å². The molecule has 2 aromatic rings. The zero-order valence-corrected chi connectivity index (χ0v) is 15.7.